The molecule has 0 atom stereocenters. The summed E-state index contributed by atoms with van der Waals surface area (Å²) in [6.45, 7) is 2.84. The van der Waals surface area contributed by atoms with Crippen molar-refractivity contribution in [2.24, 2.45) is 0 Å². The van der Waals surface area contributed by atoms with E-state index < -0.39 is 0 Å². The zero-order valence-electron chi connectivity index (χ0n) is 9.20. The molecular weight excluding hydrogens is 190 g/mol. The molecule has 3 nitrogen and oxygen atoms in total. The first kappa shape index (κ1) is 11.7. The van der Waals surface area contributed by atoms with Crippen LogP contribution in [0.1, 0.15) is 32.6 Å². The van der Waals surface area contributed by atoms with Crippen LogP contribution in [0, 0.1) is 0 Å². The summed E-state index contributed by atoms with van der Waals surface area (Å²) in [7, 11) is 0. The zero-order valence-corrected chi connectivity index (χ0v) is 9.20. The molecule has 0 aromatic heterocycles. The summed E-state index contributed by atoms with van der Waals surface area (Å²) in [6.07, 6.45) is 4.66. The summed E-state index contributed by atoms with van der Waals surface area (Å²) in [4.78, 5) is 0. The molecule has 0 radical (unpaired) electrons. The number of nitrogens with two attached hydrogens (primary N) is 1. The molecule has 3 N–H and O–H groups in total. The van der Waals surface area contributed by atoms with Crippen molar-refractivity contribution in [1.82, 2.24) is 0 Å². The predicted molar refractivity (Wildman–Crippen MR) is 62.2 cm³/mol. The monoisotopic (exact) mass is 209 g/mol. The molecule has 3 heteroatoms. The lowest BCUT2D eigenvalue weighted by Crippen LogP contribution is -2.00. The van der Waals surface area contributed by atoms with Gasteiger partial charge >= 0.3 is 0 Å². The third kappa shape index (κ3) is 3.70. The minimum atomic E-state index is 0.0843. The standard InChI is InChI=1S/C12H19NO2/c1-2-3-4-5-9-15-11-8-6-7-10(14)12(11)13/h6-8,14H,2-5,9,13H2,1H3. The van der Waals surface area contributed by atoms with E-state index in [9.17, 15) is 5.11 Å². The topological polar surface area (TPSA) is 55.5 Å². The number of anilines is 1. The molecule has 1 aromatic rings. The molecule has 0 aliphatic carbocycles. The summed E-state index contributed by atoms with van der Waals surface area (Å²) in [5.74, 6) is 0.660. The molecular formula is C12H19NO2. The Bertz CT molecular complexity index is 300. The molecule has 0 spiro atoms. The van der Waals surface area contributed by atoms with Gasteiger partial charge in [0.1, 0.15) is 17.2 Å². The number of rotatable bonds is 6. The number of para-hydroxylation sites is 1. The Morgan fingerprint density at radius 3 is 2.80 bits per heavy atom. The highest BCUT2D eigenvalue weighted by molar-refractivity contribution is 5.61. The lowest BCUT2D eigenvalue weighted by Gasteiger charge is -2.09. The molecule has 0 aliphatic heterocycles. The Morgan fingerprint density at radius 1 is 1.27 bits per heavy atom. The van der Waals surface area contributed by atoms with E-state index in [2.05, 4.69) is 6.92 Å². The van der Waals surface area contributed by atoms with Gasteiger partial charge < -0.3 is 15.6 Å². The van der Waals surface area contributed by atoms with Crippen LogP contribution in [0.5, 0.6) is 11.5 Å². The smallest absolute Gasteiger partial charge is 0.145 e. The minimum Gasteiger partial charge on any atom is -0.506 e. The van der Waals surface area contributed by atoms with Gasteiger partial charge in [-0.05, 0) is 18.6 Å². The van der Waals surface area contributed by atoms with Gasteiger partial charge in [0.25, 0.3) is 0 Å². The third-order valence-corrected chi connectivity index (χ3v) is 2.30. The second kappa shape index (κ2) is 6.17. The van der Waals surface area contributed by atoms with Crippen molar-refractivity contribution >= 4 is 5.69 Å². The normalized spacial score (nSPS) is 10.2. The molecule has 0 heterocycles. The minimum absolute atomic E-state index is 0.0843. The number of ether oxygens (including phenoxy) is 1. The van der Waals surface area contributed by atoms with E-state index in [1.807, 2.05) is 0 Å². The fourth-order valence-corrected chi connectivity index (χ4v) is 1.37. The molecule has 0 saturated heterocycles. The lowest BCUT2D eigenvalue weighted by molar-refractivity contribution is 0.305. The molecule has 15 heavy (non-hydrogen) atoms. The van der Waals surface area contributed by atoms with Gasteiger partial charge in [-0.2, -0.15) is 0 Å². The summed E-state index contributed by atoms with van der Waals surface area (Å²) >= 11 is 0. The number of nitrogen functional groups attached to an aromatic ring is 1. The van der Waals surface area contributed by atoms with Crippen molar-refractivity contribution in [2.75, 3.05) is 12.3 Å². The second-order valence-electron chi connectivity index (χ2n) is 3.60. The van der Waals surface area contributed by atoms with Crippen LogP contribution < -0.4 is 10.5 Å². The fourth-order valence-electron chi connectivity index (χ4n) is 1.37. The van der Waals surface area contributed by atoms with Crippen LogP contribution in [0.2, 0.25) is 0 Å². The van der Waals surface area contributed by atoms with Crippen LogP contribution in [0.15, 0.2) is 18.2 Å². The summed E-state index contributed by atoms with van der Waals surface area (Å²) < 4.78 is 5.48. The quantitative estimate of drug-likeness (QED) is 0.430. The number of benzene rings is 1. The summed E-state index contributed by atoms with van der Waals surface area (Å²) in [6, 6.07) is 5.06. The van der Waals surface area contributed by atoms with Crippen LogP contribution in [0.4, 0.5) is 5.69 Å². The second-order valence-corrected chi connectivity index (χ2v) is 3.60. The third-order valence-electron chi connectivity index (χ3n) is 2.30. The van der Waals surface area contributed by atoms with Gasteiger partial charge in [0.05, 0.1) is 6.61 Å². The van der Waals surface area contributed by atoms with Crippen molar-refractivity contribution < 1.29 is 9.84 Å². The van der Waals surface area contributed by atoms with E-state index in [1.54, 1.807) is 18.2 Å². The Morgan fingerprint density at radius 2 is 2.07 bits per heavy atom. The molecule has 1 aromatic carbocycles. The molecule has 0 amide bonds. The molecule has 0 fully saturated rings. The lowest BCUT2D eigenvalue weighted by atomic mass is 10.2. The van der Waals surface area contributed by atoms with Crippen LogP contribution in [0.25, 0.3) is 0 Å². The largest absolute Gasteiger partial charge is 0.506 e. The maximum absolute atomic E-state index is 9.34. The van der Waals surface area contributed by atoms with Crippen molar-refractivity contribution in [3.8, 4) is 11.5 Å². The first-order valence-corrected chi connectivity index (χ1v) is 5.46. The van der Waals surface area contributed by atoms with Crippen molar-refractivity contribution in [3.05, 3.63) is 18.2 Å². The average Bonchev–Trinajstić information content (AvgIpc) is 2.24. The zero-order chi connectivity index (χ0) is 11.1. The maximum Gasteiger partial charge on any atom is 0.145 e. The summed E-state index contributed by atoms with van der Waals surface area (Å²) in [5.41, 5.74) is 5.98. The van der Waals surface area contributed by atoms with Gasteiger partial charge in [0.2, 0.25) is 0 Å². The number of hydrogen-bond donors (Lipinski definition) is 2. The first-order valence-electron chi connectivity index (χ1n) is 5.46. The first-order chi connectivity index (χ1) is 7.25. The Hall–Kier alpha value is -1.38. The van der Waals surface area contributed by atoms with Crippen LogP contribution in [0.3, 0.4) is 0 Å². The van der Waals surface area contributed by atoms with Crippen LogP contribution in [-0.2, 0) is 0 Å². The van der Waals surface area contributed by atoms with E-state index in [1.165, 1.54) is 19.3 Å². The van der Waals surface area contributed by atoms with Crippen molar-refractivity contribution in [3.63, 3.8) is 0 Å². The molecule has 0 saturated carbocycles. The van der Waals surface area contributed by atoms with E-state index in [0.29, 0.717) is 18.0 Å². The Balaban J connectivity index is 2.34. The molecule has 0 bridgehead atoms. The van der Waals surface area contributed by atoms with E-state index in [-0.39, 0.29) is 5.75 Å². The van der Waals surface area contributed by atoms with Gasteiger partial charge in [0.15, 0.2) is 0 Å². The van der Waals surface area contributed by atoms with Crippen molar-refractivity contribution in [1.29, 1.82) is 0 Å². The number of unbranched alkanes of at least 4 members (excludes halogenated alkanes) is 3. The SMILES string of the molecule is CCCCCCOc1cccc(O)c1N. The fraction of sp³-hybridized carbons (Fsp3) is 0.500. The highest BCUT2D eigenvalue weighted by atomic mass is 16.5. The van der Waals surface area contributed by atoms with Gasteiger partial charge in [-0.25, -0.2) is 0 Å². The van der Waals surface area contributed by atoms with Crippen LogP contribution >= 0.6 is 0 Å². The van der Waals surface area contributed by atoms with Gasteiger partial charge in [-0.1, -0.05) is 32.3 Å². The number of hydrogen-bond acceptors (Lipinski definition) is 3. The number of phenolic OH excluding ortho intramolecular Hbond substituents is 1. The summed E-state index contributed by atoms with van der Waals surface area (Å²) in [5, 5.41) is 9.34. The van der Waals surface area contributed by atoms with Gasteiger partial charge in [0, 0.05) is 0 Å². The molecule has 1 rings (SSSR count). The predicted octanol–water partition coefficient (Wildman–Crippen LogP) is 2.93. The van der Waals surface area contributed by atoms with E-state index in [0.717, 1.165) is 6.42 Å². The number of aromatic hydroxyl groups is 1. The molecule has 0 aliphatic rings. The van der Waals surface area contributed by atoms with Gasteiger partial charge in [-0.3, -0.25) is 0 Å². The average molecular weight is 209 g/mol. The van der Waals surface area contributed by atoms with Crippen molar-refractivity contribution in [2.45, 2.75) is 32.6 Å². The number of phenols is 1. The molecule has 84 valence electrons. The Kier molecular flexibility index (Phi) is 4.81. The maximum atomic E-state index is 9.34. The molecule has 0 unspecified atom stereocenters. The highest BCUT2D eigenvalue weighted by Gasteiger charge is 2.03. The van der Waals surface area contributed by atoms with E-state index in [4.69, 9.17) is 10.5 Å². The van der Waals surface area contributed by atoms with E-state index >= 15 is 0 Å². The highest BCUT2D eigenvalue weighted by Crippen LogP contribution is 2.29. The van der Waals surface area contributed by atoms with Crippen LogP contribution in [-0.4, -0.2) is 11.7 Å². The Labute approximate surface area is 90.9 Å². The van der Waals surface area contributed by atoms with Gasteiger partial charge in [-0.15, -0.1) is 0 Å².